The summed E-state index contributed by atoms with van der Waals surface area (Å²) in [6, 6.07) is -1.29. The number of rotatable bonds is 4. The van der Waals surface area contributed by atoms with Crippen LogP contribution in [0.4, 0.5) is 18.4 Å². The summed E-state index contributed by atoms with van der Waals surface area (Å²) in [6.45, 7) is 2.07. The van der Waals surface area contributed by atoms with Gasteiger partial charge in [0.25, 0.3) is 0 Å². The molecule has 8 heteroatoms. The lowest BCUT2D eigenvalue weighted by Gasteiger charge is -2.41. The Hall–Kier alpha value is -1.44. The largest absolute Gasteiger partial charge is 0.328 e. The van der Waals surface area contributed by atoms with E-state index in [1.54, 1.807) is 0 Å². The Morgan fingerprint density at radius 1 is 1.04 bits per heavy atom. The third-order valence-electron chi connectivity index (χ3n) is 5.81. The van der Waals surface area contributed by atoms with E-state index in [-0.39, 0.29) is 31.7 Å². The van der Waals surface area contributed by atoms with E-state index in [9.17, 15) is 18.4 Å². The summed E-state index contributed by atoms with van der Waals surface area (Å²) < 4.78 is 26.6. The normalized spacial score (nSPS) is 27.7. The van der Waals surface area contributed by atoms with Crippen LogP contribution in [0, 0.1) is 5.92 Å². The molecule has 1 aliphatic heterocycles. The lowest BCUT2D eigenvalue weighted by molar-refractivity contribution is -0.0475. The van der Waals surface area contributed by atoms with E-state index >= 15 is 0 Å². The van der Waals surface area contributed by atoms with Crippen LogP contribution in [0.25, 0.3) is 0 Å². The second kappa shape index (κ2) is 7.43. The molecule has 142 valence electrons. The number of nitrogens with one attached hydrogen (secondary N) is 3. The molecule has 3 rings (SSSR count). The Morgan fingerprint density at radius 3 is 2.16 bits per heavy atom. The Morgan fingerprint density at radius 2 is 1.60 bits per heavy atom. The van der Waals surface area contributed by atoms with Crippen LogP contribution < -0.4 is 16.0 Å². The molecule has 3 aliphatic rings. The molecule has 0 spiro atoms. The minimum Gasteiger partial charge on any atom is -0.305 e. The molecule has 1 saturated heterocycles. The Balaban J connectivity index is 1.53. The standard InChI is InChI=1S/C17H28F2N4O2/c1-11(12-5-3-2-4-6-12)20-14-21-15(24)23(16(25)22-14)13-7-9-17(18,19)10-8-13/h11-14,20H,2-10H2,1H3,(H,21,24)(H,22,25)/t11-/m0/s1. The molecule has 2 aliphatic carbocycles. The predicted octanol–water partition coefficient (Wildman–Crippen LogP) is 3.14. The summed E-state index contributed by atoms with van der Waals surface area (Å²) in [5.74, 6) is -2.14. The van der Waals surface area contributed by atoms with Crippen molar-refractivity contribution in [3.63, 3.8) is 0 Å². The van der Waals surface area contributed by atoms with Crippen LogP contribution in [-0.2, 0) is 0 Å². The van der Waals surface area contributed by atoms with Gasteiger partial charge in [0.2, 0.25) is 5.92 Å². The zero-order chi connectivity index (χ0) is 18.0. The van der Waals surface area contributed by atoms with Crippen molar-refractivity contribution in [1.29, 1.82) is 0 Å². The van der Waals surface area contributed by atoms with Gasteiger partial charge in [0.05, 0.1) is 0 Å². The van der Waals surface area contributed by atoms with Crippen molar-refractivity contribution in [3.05, 3.63) is 0 Å². The van der Waals surface area contributed by atoms with Gasteiger partial charge in [-0.3, -0.25) is 5.32 Å². The van der Waals surface area contributed by atoms with E-state index in [2.05, 4.69) is 22.9 Å². The molecule has 0 aromatic heterocycles. The predicted molar refractivity (Wildman–Crippen MR) is 89.1 cm³/mol. The number of alkyl halides is 2. The fraction of sp³-hybridized carbons (Fsp3) is 0.882. The molecular weight excluding hydrogens is 330 g/mol. The van der Waals surface area contributed by atoms with Gasteiger partial charge in [0.1, 0.15) is 0 Å². The van der Waals surface area contributed by atoms with Crippen LogP contribution in [0.5, 0.6) is 0 Å². The molecule has 1 heterocycles. The van der Waals surface area contributed by atoms with Crippen molar-refractivity contribution < 1.29 is 18.4 Å². The van der Waals surface area contributed by atoms with Crippen molar-refractivity contribution in [3.8, 4) is 0 Å². The Labute approximate surface area is 147 Å². The number of hydrogen-bond acceptors (Lipinski definition) is 3. The van der Waals surface area contributed by atoms with Gasteiger partial charge in [0, 0.05) is 24.9 Å². The smallest absolute Gasteiger partial charge is 0.305 e. The molecule has 0 radical (unpaired) electrons. The second-order valence-electron chi connectivity index (χ2n) is 7.64. The Kier molecular flexibility index (Phi) is 5.46. The molecule has 1 atom stereocenters. The highest BCUT2D eigenvalue weighted by atomic mass is 19.3. The van der Waals surface area contributed by atoms with Crippen LogP contribution in [0.15, 0.2) is 0 Å². The van der Waals surface area contributed by atoms with Crippen molar-refractivity contribution in [2.45, 2.75) is 89.0 Å². The van der Waals surface area contributed by atoms with Crippen LogP contribution in [0.2, 0.25) is 0 Å². The van der Waals surface area contributed by atoms with E-state index in [4.69, 9.17) is 0 Å². The summed E-state index contributed by atoms with van der Waals surface area (Å²) in [4.78, 5) is 25.8. The highest BCUT2D eigenvalue weighted by molar-refractivity contribution is 5.96. The number of halogens is 2. The first-order chi connectivity index (χ1) is 11.9. The van der Waals surface area contributed by atoms with Crippen LogP contribution in [0.1, 0.15) is 64.7 Å². The summed E-state index contributed by atoms with van der Waals surface area (Å²) in [5.41, 5.74) is 0. The van der Waals surface area contributed by atoms with Crippen molar-refractivity contribution in [2.75, 3.05) is 0 Å². The van der Waals surface area contributed by atoms with Gasteiger partial charge in [-0.1, -0.05) is 19.3 Å². The average Bonchev–Trinajstić information content (AvgIpc) is 2.56. The third kappa shape index (κ3) is 4.40. The average molecular weight is 358 g/mol. The third-order valence-corrected chi connectivity index (χ3v) is 5.81. The second-order valence-corrected chi connectivity index (χ2v) is 7.64. The topological polar surface area (TPSA) is 73.5 Å². The number of amides is 4. The van der Waals surface area contributed by atoms with E-state index in [1.807, 2.05) is 0 Å². The summed E-state index contributed by atoms with van der Waals surface area (Å²) >= 11 is 0. The van der Waals surface area contributed by atoms with Gasteiger partial charge in [-0.2, -0.15) is 0 Å². The first kappa shape index (κ1) is 18.4. The lowest BCUT2D eigenvalue weighted by atomic mass is 9.84. The first-order valence-corrected chi connectivity index (χ1v) is 9.40. The summed E-state index contributed by atoms with van der Waals surface area (Å²) in [7, 11) is 0. The van der Waals surface area contributed by atoms with Crippen LogP contribution in [-0.4, -0.2) is 41.3 Å². The summed E-state index contributed by atoms with van der Waals surface area (Å²) in [6.07, 6.45) is 5.14. The van der Waals surface area contributed by atoms with Crippen molar-refractivity contribution in [1.82, 2.24) is 20.9 Å². The van der Waals surface area contributed by atoms with E-state index in [1.165, 1.54) is 19.3 Å². The van der Waals surface area contributed by atoms with Crippen LogP contribution in [0.3, 0.4) is 0 Å². The number of nitrogens with zero attached hydrogens (tertiary/aromatic N) is 1. The maximum Gasteiger partial charge on any atom is 0.328 e. The van der Waals surface area contributed by atoms with Gasteiger partial charge in [-0.25, -0.2) is 23.3 Å². The van der Waals surface area contributed by atoms with Gasteiger partial charge in [-0.05, 0) is 38.5 Å². The fourth-order valence-electron chi connectivity index (χ4n) is 4.25. The zero-order valence-corrected chi connectivity index (χ0v) is 14.7. The van der Waals surface area contributed by atoms with Crippen molar-refractivity contribution in [2.24, 2.45) is 5.92 Å². The molecule has 3 N–H and O–H groups in total. The van der Waals surface area contributed by atoms with Crippen molar-refractivity contribution >= 4 is 12.1 Å². The molecule has 0 bridgehead atoms. The number of imide groups is 1. The SMILES string of the molecule is C[C@H](NC1NC(=O)N(C2CCC(F)(F)CC2)C(=O)N1)C1CCCCC1. The van der Waals surface area contributed by atoms with Crippen LogP contribution >= 0.6 is 0 Å². The zero-order valence-electron chi connectivity index (χ0n) is 14.7. The summed E-state index contributed by atoms with van der Waals surface area (Å²) in [5, 5.41) is 8.76. The van der Waals surface area contributed by atoms with Gasteiger partial charge in [0.15, 0.2) is 6.29 Å². The molecule has 25 heavy (non-hydrogen) atoms. The molecule has 0 aromatic carbocycles. The van der Waals surface area contributed by atoms with E-state index in [0.29, 0.717) is 5.92 Å². The number of urea groups is 2. The molecule has 0 unspecified atom stereocenters. The molecule has 0 aromatic rings. The molecule has 3 fully saturated rings. The molecule has 4 amide bonds. The van der Waals surface area contributed by atoms with Gasteiger partial charge >= 0.3 is 12.1 Å². The minimum atomic E-state index is -2.68. The molecule has 6 nitrogen and oxygen atoms in total. The van der Waals surface area contributed by atoms with E-state index < -0.39 is 30.3 Å². The first-order valence-electron chi connectivity index (χ1n) is 9.40. The maximum atomic E-state index is 13.3. The van der Waals surface area contributed by atoms with E-state index in [0.717, 1.165) is 17.7 Å². The minimum absolute atomic E-state index is 0.143. The monoisotopic (exact) mass is 358 g/mol. The Bertz CT molecular complexity index is 483. The number of hydrogen-bond donors (Lipinski definition) is 3. The molecule has 2 saturated carbocycles. The maximum absolute atomic E-state index is 13.3. The highest BCUT2D eigenvalue weighted by Gasteiger charge is 2.43. The van der Waals surface area contributed by atoms with Gasteiger partial charge < -0.3 is 10.6 Å². The van der Waals surface area contributed by atoms with Gasteiger partial charge in [-0.15, -0.1) is 0 Å². The number of carbonyl (C=O) groups excluding carboxylic acids is 2. The highest BCUT2D eigenvalue weighted by Crippen LogP contribution is 2.35. The quantitative estimate of drug-likeness (QED) is 0.723. The molecular formula is C17H28F2N4O2. The fourth-order valence-corrected chi connectivity index (χ4v) is 4.25. The number of carbonyl (C=O) groups is 2. The lowest BCUT2D eigenvalue weighted by Crippen LogP contribution is -2.71.